The lowest BCUT2D eigenvalue weighted by Gasteiger charge is -2.14. The molecule has 0 saturated heterocycles. The average molecular weight is 392 g/mol. The Morgan fingerprint density at radius 1 is 1.14 bits per heavy atom. The van der Waals surface area contributed by atoms with Gasteiger partial charge in [-0.2, -0.15) is 8.78 Å². The summed E-state index contributed by atoms with van der Waals surface area (Å²) in [4.78, 5) is 9.60. The lowest BCUT2D eigenvalue weighted by Crippen LogP contribution is -2.17. The van der Waals surface area contributed by atoms with Crippen molar-refractivity contribution >= 4 is 17.4 Å². The van der Waals surface area contributed by atoms with Gasteiger partial charge in [-0.15, -0.1) is 5.10 Å². The smallest absolute Gasteiger partial charge is 0.388 e. The number of nitrogens with zero attached hydrogens (tertiary/aromatic N) is 1. The molecule has 0 aliphatic heterocycles. The maximum atomic E-state index is 12.2. The van der Waals surface area contributed by atoms with E-state index in [-0.39, 0.29) is 11.5 Å². The van der Waals surface area contributed by atoms with Crippen molar-refractivity contribution in [2.75, 3.05) is 0 Å². The van der Waals surface area contributed by atoms with E-state index in [1.54, 1.807) is 18.2 Å². The first-order chi connectivity index (χ1) is 13.3. The van der Waals surface area contributed by atoms with E-state index in [0.717, 1.165) is 5.56 Å². The first-order valence-corrected chi connectivity index (χ1v) is 8.49. The fraction of sp³-hybridized carbons (Fsp3) is 0.300. The van der Waals surface area contributed by atoms with Crippen LogP contribution in [0.3, 0.4) is 0 Å². The van der Waals surface area contributed by atoms with Gasteiger partial charge in [0, 0.05) is 6.07 Å². The molecule has 1 aromatic heterocycles. The van der Waals surface area contributed by atoms with Crippen molar-refractivity contribution in [2.45, 2.75) is 39.6 Å². The quantitative estimate of drug-likeness (QED) is 0.616. The molecule has 0 amide bonds. The van der Waals surface area contributed by atoms with E-state index in [1.165, 1.54) is 0 Å². The third-order valence-electron chi connectivity index (χ3n) is 3.35. The molecule has 6 nitrogen and oxygen atoms in total. The monoisotopic (exact) mass is 392 g/mol. The molecule has 2 aromatic carbocycles. The molecule has 1 heterocycles. The van der Waals surface area contributed by atoms with Gasteiger partial charge in [0.2, 0.25) is 5.88 Å². The largest absolute Gasteiger partial charge is 0.489 e. The van der Waals surface area contributed by atoms with Crippen molar-refractivity contribution in [3.8, 4) is 11.6 Å². The number of carbonyl (C=O) groups excluding carboxylic acids is 1. The van der Waals surface area contributed by atoms with Gasteiger partial charge in [0.15, 0.2) is 0 Å². The van der Waals surface area contributed by atoms with Gasteiger partial charge in [0.05, 0.1) is 10.9 Å². The summed E-state index contributed by atoms with van der Waals surface area (Å²) in [6.07, 6.45) is 0. The van der Waals surface area contributed by atoms with Crippen LogP contribution in [0.25, 0.3) is 10.9 Å². The van der Waals surface area contributed by atoms with Crippen molar-refractivity contribution in [3.63, 3.8) is 0 Å². The lowest BCUT2D eigenvalue weighted by atomic mass is 10.2. The first-order valence-electron chi connectivity index (χ1n) is 8.49. The van der Waals surface area contributed by atoms with E-state index < -0.39 is 6.61 Å². The molecule has 1 N–H and O–H groups in total. The van der Waals surface area contributed by atoms with Gasteiger partial charge in [-0.25, -0.2) is 0 Å². The number of benzene rings is 2. The molecule has 0 aliphatic rings. The number of fused-ring (bicyclic) bond motifs is 1. The number of halogens is 2. The van der Waals surface area contributed by atoms with E-state index in [4.69, 9.17) is 4.74 Å². The summed E-state index contributed by atoms with van der Waals surface area (Å²) in [5.41, 5.74) is 1.31. The second-order valence-corrected chi connectivity index (χ2v) is 6.72. The summed E-state index contributed by atoms with van der Waals surface area (Å²) in [6, 6.07) is 14.8. The Hall–Kier alpha value is -3.16. The van der Waals surface area contributed by atoms with Crippen LogP contribution in [-0.4, -0.2) is 28.9 Å². The van der Waals surface area contributed by atoms with Gasteiger partial charge in [0.25, 0.3) is 6.47 Å². The Balaban J connectivity index is 0.000000345. The summed E-state index contributed by atoms with van der Waals surface area (Å²) < 4.78 is 38.9. The zero-order valence-corrected chi connectivity index (χ0v) is 15.8. The van der Waals surface area contributed by atoms with Gasteiger partial charge >= 0.3 is 6.61 Å². The SMILES string of the molecule is CC(C)(C)OC=O.FC(F)Oc1n[nH]c2cc(OCc3ccccc3)ccc12. The number of carbonyl (C=O) groups is 1. The molecular formula is C20H22F2N2O4. The third kappa shape index (κ3) is 6.86. The number of H-pyrrole nitrogens is 1. The van der Waals surface area contributed by atoms with Crippen LogP contribution in [0.5, 0.6) is 11.6 Å². The normalized spacial score (nSPS) is 10.9. The summed E-state index contributed by atoms with van der Waals surface area (Å²) >= 11 is 0. The molecule has 0 unspecified atom stereocenters. The van der Waals surface area contributed by atoms with Gasteiger partial charge in [0.1, 0.15) is 18.0 Å². The molecule has 0 atom stereocenters. The van der Waals surface area contributed by atoms with Gasteiger partial charge in [-0.05, 0) is 38.5 Å². The molecule has 0 saturated carbocycles. The van der Waals surface area contributed by atoms with Crippen LogP contribution >= 0.6 is 0 Å². The Labute approximate surface area is 161 Å². The number of alkyl halides is 2. The standard InChI is InChI=1S/C15H12F2N2O2.C5H10O2/c16-15(17)21-14-12-7-6-11(8-13(12)18-19-14)20-9-10-4-2-1-3-5-10;1-5(2,3)7-4-6/h1-8,15H,9H2,(H,18,19);4H,1-3H3. The number of hydrogen-bond donors (Lipinski definition) is 1. The third-order valence-corrected chi connectivity index (χ3v) is 3.35. The van der Waals surface area contributed by atoms with Gasteiger partial charge in [-0.1, -0.05) is 30.3 Å². The maximum absolute atomic E-state index is 12.2. The van der Waals surface area contributed by atoms with Crippen LogP contribution in [0.15, 0.2) is 48.5 Å². The molecule has 150 valence electrons. The summed E-state index contributed by atoms with van der Waals surface area (Å²) in [5, 5.41) is 6.84. The minimum absolute atomic E-state index is 0.116. The molecule has 3 aromatic rings. The predicted octanol–water partition coefficient (Wildman–Crippen LogP) is 4.70. The van der Waals surface area contributed by atoms with Crippen LogP contribution in [0.4, 0.5) is 8.78 Å². The summed E-state index contributed by atoms with van der Waals surface area (Å²) in [5.74, 6) is 0.508. The number of ether oxygens (including phenoxy) is 3. The number of nitrogens with one attached hydrogen (secondary N) is 1. The molecule has 0 aliphatic carbocycles. The second kappa shape index (κ2) is 9.68. The van der Waals surface area contributed by atoms with E-state index in [2.05, 4.69) is 19.7 Å². The fourth-order valence-electron chi connectivity index (χ4n) is 2.12. The van der Waals surface area contributed by atoms with Crippen LogP contribution in [0, 0.1) is 0 Å². The molecular weight excluding hydrogens is 370 g/mol. The Morgan fingerprint density at radius 2 is 1.86 bits per heavy atom. The van der Waals surface area contributed by atoms with Crippen molar-refractivity contribution in [3.05, 3.63) is 54.1 Å². The number of aromatic nitrogens is 2. The zero-order chi connectivity index (χ0) is 20.6. The molecule has 8 heteroatoms. The van der Waals surface area contributed by atoms with E-state index in [1.807, 2.05) is 51.1 Å². The van der Waals surface area contributed by atoms with Crippen LogP contribution in [0.1, 0.15) is 26.3 Å². The number of aromatic amines is 1. The average Bonchev–Trinajstić information content (AvgIpc) is 3.02. The number of hydrogen-bond acceptors (Lipinski definition) is 5. The highest BCUT2D eigenvalue weighted by Crippen LogP contribution is 2.27. The lowest BCUT2D eigenvalue weighted by molar-refractivity contribution is -0.138. The van der Waals surface area contributed by atoms with E-state index in [0.29, 0.717) is 29.7 Å². The molecule has 3 rings (SSSR count). The molecule has 28 heavy (non-hydrogen) atoms. The molecule has 0 spiro atoms. The van der Waals surface area contributed by atoms with Gasteiger partial charge < -0.3 is 14.2 Å². The molecule has 0 radical (unpaired) electrons. The van der Waals surface area contributed by atoms with Crippen molar-refractivity contribution in [2.24, 2.45) is 0 Å². The molecule has 0 fully saturated rings. The zero-order valence-electron chi connectivity index (χ0n) is 15.8. The first kappa shape index (κ1) is 21.1. The molecule has 0 bridgehead atoms. The minimum atomic E-state index is -2.90. The Morgan fingerprint density at radius 3 is 2.43 bits per heavy atom. The van der Waals surface area contributed by atoms with Crippen LogP contribution in [-0.2, 0) is 16.1 Å². The maximum Gasteiger partial charge on any atom is 0.388 e. The van der Waals surface area contributed by atoms with Crippen molar-refractivity contribution < 1.29 is 27.8 Å². The fourth-order valence-corrected chi connectivity index (χ4v) is 2.12. The Kier molecular flexibility index (Phi) is 7.31. The van der Waals surface area contributed by atoms with E-state index >= 15 is 0 Å². The predicted molar refractivity (Wildman–Crippen MR) is 100 cm³/mol. The second-order valence-electron chi connectivity index (χ2n) is 6.72. The van der Waals surface area contributed by atoms with Crippen molar-refractivity contribution in [1.29, 1.82) is 0 Å². The highest BCUT2D eigenvalue weighted by molar-refractivity contribution is 5.85. The van der Waals surface area contributed by atoms with E-state index in [9.17, 15) is 13.6 Å². The van der Waals surface area contributed by atoms with Crippen molar-refractivity contribution in [1.82, 2.24) is 10.2 Å². The number of rotatable bonds is 6. The summed E-state index contributed by atoms with van der Waals surface area (Å²) in [7, 11) is 0. The van der Waals surface area contributed by atoms with Gasteiger partial charge in [-0.3, -0.25) is 9.89 Å². The van der Waals surface area contributed by atoms with Crippen LogP contribution < -0.4 is 9.47 Å². The summed E-state index contributed by atoms with van der Waals surface area (Å²) in [6.45, 7) is 3.45. The Bertz CT molecular complexity index is 877. The van der Waals surface area contributed by atoms with Crippen LogP contribution in [0.2, 0.25) is 0 Å². The highest BCUT2D eigenvalue weighted by Gasteiger charge is 2.12. The minimum Gasteiger partial charge on any atom is -0.489 e. The highest BCUT2D eigenvalue weighted by atomic mass is 19.3. The topological polar surface area (TPSA) is 73.4 Å².